The zero-order chi connectivity index (χ0) is 48.6. The lowest BCUT2D eigenvalue weighted by Crippen LogP contribution is -2.63. The molecule has 15 heteroatoms. The summed E-state index contributed by atoms with van der Waals surface area (Å²) in [5.74, 6) is 0. The van der Waals surface area contributed by atoms with Crippen molar-refractivity contribution in [3.63, 3.8) is 0 Å². The summed E-state index contributed by atoms with van der Waals surface area (Å²) >= 11 is 0. The van der Waals surface area contributed by atoms with Crippen molar-refractivity contribution >= 4 is 10.1 Å². The van der Waals surface area contributed by atoms with Gasteiger partial charge in [0, 0.05) is 11.5 Å². The van der Waals surface area contributed by atoms with Crippen molar-refractivity contribution in [2.24, 2.45) is 5.11 Å². The van der Waals surface area contributed by atoms with Crippen molar-refractivity contribution in [2.45, 2.75) is 95.1 Å². The number of benzene rings is 6. The van der Waals surface area contributed by atoms with Gasteiger partial charge in [-0.3, -0.25) is 4.18 Å². The molecule has 1 heterocycles. The summed E-state index contributed by atoms with van der Waals surface area (Å²) in [5.41, 5.74) is 14.8. The minimum Gasteiger partial charge on any atom is -0.374 e. The second kappa shape index (κ2) is 28.2. The Kier molecular flexibility index (Phi) is 20.9. The Morgan fingerprint density at radius 1 is 0.543 bits per heavy atom. The highest BCUT2D eigenvalue weighted by atomic mass is 32.2. The van der Waals surface area contributed by atoms with Gasteiger partial charge in [0.15, 0.2) is 6.29 Å². The summed E-state index contributed by atoms with van der Waals surface area (Å²) in [6.07, 6.45) is -7.24. The monoisotopic (exact) mass is 971 g/mol. The molecule has 8 atom stereocenters. The van der Waals surface area contributed by atoms with E-state index in [1.165, 1.54) is 0 Å². The smallest absolute Gasteiger partial charge is 0.264 e. The average molecular weight is 972 g/mol. The van der Waals surface area contributed by atoms with Gasteiger partial charge in [-0.1, -0.05) is 187 Å². The zero-order valence-corrected chi connectivity index (χ0v) is 40.1. The Bertz CT molecular complexity index is 2530. The molecule has 0 radical (unpaired) electrons. The molecule has 6 aromatic rings. The highest BCUT2D eigenvalue weighted by Crippen LogP contribution is 2.34. The number of hydrogen-bond acceptors (Lipinski definition) is 12. The predicted molar refractivity (Wildman–Crippen MR) is 264 cm³/mol. The van der Waals surface area contributed by atoms with Gasteiger partial charge in [-0.15, -0.1) is 0 Å². The molecule has 0 saturated carbocycles. The molecule has 0 aliphatic carbocycles. The number of nitrogens with zero attached hydrogens (tertiary/aromatic N) is 3. The van der Waals surface area contributed by atoms with Crippen molar-refractivity contribution in [2.75, 3.05) is 26.0 Å². The third kappa shape index (κ3) is 17.3. The van der Waals surface area contributed by atoms with Crippen LogP contribution in [0.2, 0.25) is 0 Å². The van der Waals surface area contributed by atoms with E-state index in [1.807, 2.05) is 182 Å². The third-order valence-corrected chi connectivity index (χ3v) is 12.0. The normalized spacial score (nSPS) is 19.4. The third-order valence-electron chi connectivity index (χ3n) is 11.4. The number of azide groups is 1. The summed E-state index contributed by atoms with van der Waals surface area (Å²) in [6, 6.07) is 58.1. The molecule has 0 amide bonds. The lowest BCUT2D eigenvalue weighted by molar-refractivity contribution is -0.346. The SMILES string of the molecule is CS(=O)(=O)O[C@H](COCc1ccccc1)[C@@H](O[C@@H]1O[C@H](COCc2ccccc2)[C@@H](OCc2ccccc2)[C@H](OCc2ccccc2)[C@H]1OCc1ccccc1)[C@@H](CCN=[N+]=[N-])OCc1ccccc1. The summed E-state index contributed by atoms with van der Waals surface area (Å²) in [4.78, 5) is 3.00. The molecule has 0 spiro atoms. The first kappa shape index (κ1) is 52.1. The van der Waals surface area contributed by atoms with Crippen LogP contribution in [-0.2, 0) is 91.8 Å². The number of ether oxygens (including phenoxy) is 8. The van der Waals surface area contributed by atoms with Crippen molar-refractivity contribution in [1.29, 1.82) is 0 Å². The van der Waals surface area contributed by atoms with Crippen molar-refractivity contribution in [1.82, 2.24) is 0 Å². The maximum Gasteiger partial charge on any atom is 0.264 e. The quantitative estimate of drug-likeness (QED) is 0.0190. The van der Waals surface area contributed by atoms with Gasteiger partial charge < -0.3 is 37.9 Å². The summed E-state index contributed by atoms with van der Waals surface area (Å²) in [6.45, 7) is 0.827. The number of rotatable bonds is 29. The van der Waals surface area contributed by atoms with Gasteiger partial charge in [-0.2, -0.15) is 8.42 Å². The van der Waals surface area contributed by atoms with Crippen LogP contribution in [0.4, 0.5) is 0 Å². The van der Waals surface area contributed by atoms with Crippen LogP contribution in [-0.4, -0.2) is 83.4 Å². The molecule has 0 aromatic heterocycles. The highest BCUT2D eigenvalue weighted by Gasteiger charge is 2.51. The topological polar surface area (TPSA) is 166 Å². The zero-order valence-electron chi connectivity index (χ0n) is 39.3. The Balaban J connectivity index is 1.31. The predicted octanol–water partition coefficient (Wildman–Crippen LogP) is 9.92. The van der Waals surface area contributed by atoms with Crippen LogP contribution in [0.3, 0.4) is 0 Å². The van der Waals surface area contributed by atoms with E-state index in [9.17, 15) is 13.9 Å². The maximum atomic E-state index is 13.3. The molecule has 368 valence electrons. The molecule has 1 aliphatic rings. The standard InChI is InChI=1S/C55H61N3O11S/c1-70(59,60)69-50(41-62-35-43-22-10-3-11-23-43)51(48(32-33-57-58-56)63-36-44-24-12-4-13-25-44)68-55-54(66-39-47-30-18-7-19-31-47)53(65-38-46-28-16-6-17-29-46)52(64-37-45-26-14-5-15-27-45)49(67-55)40-61-34-42-20-8-2-9-21-42/h2-31,48-55H,32-41H2,1H3/t48-,49-,50-,51+,52-,53+,54-,55+/m1/s1. The molecule has 14 nitrogen and oxygen atoms in total. The van der Waals surface area contributed by atoms with Crippen LogP contribution in [0.15, 0.2) is 187 Å². The van der Waals surface area contributed by atoms with E-state index in [4.69, 9.17) is 42.1 Å². The van der Waals surface area contributed by atoms with E-state index in [0.29, 0.717) is 0 Å². The fourth-order valence-corrected chi connectivity index (χ4v) is 8.66. The van der Waals surface area contributed by atoms with E-state index >= 15 is 0 Å². The molecule has 0 unspecified atom stereocenters. The Morgan fingerprint density at radius 3 is 1.41 bits per heavy atom. The Morgan fingerprint density at radius 2 is 0.957 bits per heavy atom. The molecule has 0 N–H and O–H groups in total. The minimum atomic E-state index is -4.17. The summed E-state index contributed by atoms with van der Waals surface area (Å²) in [5, 5.41) is 3.85. The molecule has 1 fully saturated rings. The van der Waals surface area contributed by atoms with Crippen LogP contribution in [0, 0.1) is 0 Å². The fraction of sp³-hybridized carbons (Fsp3) is 0.345. The largest absolute Gasteiger partial charge is 0.374 e. The molecule has 6 aromatic carbocycles. The van der Waals surface area contributed by atoms with E-state index < -0.39 is 59.1 Å². The van der Waals surface area contributed by atoms with Gasteiger partial charge in [-0.05, 0) is 45.3 Å². The first-order valence-corrected chi connectivity index (χ1v) is 25.2. The summed E-state index contributed by atoms with van der Waals surface area (Å²) < 4.78 is 86.9. The van der Waals surface area contributed by atoms with E-state index in [-0.39, 0.29) is 65.8 Å². The van der Waals surface area contributed by atoms with Gasteiger partial charge >= 0.3 is 0 Å². The van der Waals surface area contributed by atoms with Crippen LogP contribution < -0.4 is 0 Å². The van der Waals surface area contributed by atoms with Crippen molar-refractivity contribution in [3.8, 4) is 0 Å². The maximum absolute atomic E-state index is 13.3. The first-order chi connectivity index (χ1) is 34.3. The second-order valence-corrected chi connectivity index (χ2v) is 18.4. The van der Waals surface area contributed by atoms with Gasteiger partial charge in [0.1, 0.15) is 36.6 Å². The van der Waals surface area contributed by atoms with Crippen LogP contribution in [0.1, 0.15) is 39.8 Å². The van der Waals surface area contributed by atoms with Gasteiger partial charge in [0.05, 0.1) is 65.2 Å². The lowest BCUT2D eigenvalue weighted by Gasteiger charge is -2.47. The van der Waals surface area contributed by atoms with Crippen LogP contribution >= 0.6 is 0 Å². The minimum absolute atomic E-state index is 0.0140. The van der Waals surface area contributed by atoms with Gasteiger partial charge in [0.25, 0.3) is 10.1 Å². The fourth-order valence-electron chi connectivity index (χ4n) is 8.04. The van der Waals surface area contributed by atoms with E-state index in [2.05, 4.69) is 10.0 Å². The molecule has 7 rings (SSSR count). The van der Waals surface area contributed by atoms with Gasteiger partial charge in [0.2, 0.25) is 0 Å². The van der Waals surface area contributed by atoms with Crippen LogP contribution in [0.5, 0.6) is 0 Å². The Hall–Kier alpha value is -5.78. The molecular weight excluding hydrogens is 911 g/mol. The Labute approximate surface area is 411 Å². The second-order valence-electron chi connectivity index (χ2n) is 16.8. The average Bonchev–Trinajstić information content (AvgIpc) is 3.39. The van der Waals surface area contributed by atoms with Crippen LogP contribution in [0.25, 0.3) is 10.4 Å². The van der Waals surface area contributed by atoms with Gasteiger partial charge in [-0.25, -0.2) is 0 Å². The van der Waals surface area contributed by atoms with Crippen molar-refractivity contribution < 1.29 is 50.5 Å². The lowest BCUT2D eigenvalue weighted by atomic mass is 9.97. The highest BCUT2D eigenvalue weighted by molar-refractivity contribution is 7.86. The summed E-state index contributed by atoms with van der Waals surface area (Å²) in [7, 11) is -4.17. The van der Waals surface area contributed by atoms with E-state index in [1.54, 1.807) is 0 Å². The first-order valence-electron chi connectivity index (χ1n) is 23.4. The molecule has 1 aliphatic heterocycles. The molecule has 0 bridgehead atoms. The molecular formula is C55H61N3O11S. The van der Waals surface area contributed by atoms with E-state index in [0.717, 1.165) is 39.6 Å². The molecule has 1 saturated heterocycles. The van der Waals surface area contributed by atoms with Crippen molar-refractivity contribution in [3.05, 3.63) is 226 Å². The molecule has 70 heavy (non-hydrogen) atoms. The number of hydrogen-bond donors (Lipinski definition) is 0.